The zero-order valence-corrected chi connectivity index (χ0v) is 17.8. The highest BCUT2D eigenvalue weighted by Gasteiger charge is 2.40. The van der Waals surface area contributed by atoms with Crippen molar-refractivity contribution in [3.63, 3.8) is 0 Å². The number of carbonyl (C=O) groups excluding carboxylic acids is 2. The number of hydrogen-bond acceptors (Lipinski definition) is 6. The predicted molar refractivity (Wildman–Crippen MR) is 109 cm³/mol. The summed E-state index contributed by atoms with van der Waals surface area (Å²) >= 11 is 0. The summed E-state index contributed by atoms with van der Waals surface area (Å²) in [6.07, 6.45) is 10.7. The summed E-state index contributed by atoms with van der Waals surface area (Å²) in [5, 5.41) is 16.8. The van der Waals surface area contributed by atoms with Gasteiger partial charge in [0.1, 0.15) is 5.82 Å². The van der Waals surface area contributed by atoms with Crippen molar-refractivity contribution in [1.29, 1.82) is 0 Å². The van der Waals surface area contributed by atoms with Crippen LogP contribution in [0.25, 0.3) is 0 Å². The zero-order chi connectivity index (χ0) is 21.3. The Morgan fingerprint density at radius 2 is 2.00 bits per heavy atom. The summed E-state index contributed by atoms with van der Waals surface area (Å²) in [6.45, 7) is 3.21. The molecule has 2 aliphatic heterocycles. The molecule has 2 fully saturated rings. The molecule has 1 saturated heterocycles. The Kier molecular flexibility index (Phi) is 5.58. The molecule has 1 atom stereocenters. The van der Waals surface area contributed by atoms with Gasteiger partial charge >= 0.3 is 0 Å². The van der Waals surface area contributed by atoms with Crippen molar-refractivity contribution < 1.29 is 9.59 Å². The van der Waals surface area contributed by atoms with E-state index in [0.717, 1.165) is 30.9 Å². The first-order chi connectivity index (χ1) is 14.4. The topological polar surface area (TPSA) is 96.1 Å². The van der Waals surface area contributed by atoms with Crippen LogP contribution < -0.4 is 0 Å². The van der Waals surface area contributed by atoms with E-state index in [0.29, 0.717) is 51.2 Å². The van der Waals surface area contributed by atoms with E-state index in [1.807, 2.05) is 21.4 Å². The molecule has 0 aromatic carbocycles. The van der Waals surface area contributed by atoms with Crippen LogP contribution in [0.15, 0.2) is 10.2 Å². The highest BCUT2D eigenvalue weighted by atomic mass is 16.2. The molecule has 1 aromatic heterocycles. The first-order valence-electron chi connectivity index (χ1n) is 10.7. The standard InChI is InChI=1S/C21H29N7O2/c1-4-5-10-21(24-25-21)11-8-19(30)27-12-9-17(13-27)28(15(2)29)14-18-22-23-20(26(18)3)16-6-7-16/h1,16-17H,5-14H2,2-3H3. The summed E-state index contributed by atoms with van der Waals surface area (Å²) in [5.74, 6) is 5.00. The summed E-state index contributed by atoms with van der Waals surface area (Å²) in [4.78, 5) is 28.7. The quantitative estimate of drug-likeness (QED) is 0.581. The van der Waals surface area contributed by atoms with Crippen LogP contribution in [-0.4, -0.2) is 61.2 Å². The van der Waals surface area contributed by atoms with Crippen LogP contribution in [0.5, 0.6) is 0 Å². The van der Waals surface area contributed by atoms with Crippen LogP contribution in [0.1, 0.15) is 69.4 Å². The minimum atomic E-state index is -0.433. The van der Waals surface area contributed by atoms with Crippen molar-refractivity contribution in [1.82, 2.24) is 24.6 Å². The molecular weight excluding hydrogens is 382 g/mol. The van der Waals surface area contributed by atoms with Gasteiger partial charge in [0.2, 0.25) is 11.8 Å². The Labute approximate surface area is 176 Å². The number of likely N-dealkylation sites (tertiary alicyclic amines) is 1. The molecule has 9 nitrogen and oxygen atoms in total. The lowest BCUT2D eigenvalue weighted by Crippen LogP contribution is -2.41. The fourth-order valence-electron chi connectivity index (χ4n) is 4.22. The Morgan fingerprint density at radius 3 is 2.63 bits per heavy atom. The molecule has 2 amide bonds. The normalized spacial score (nSPS) is 21.5. The van der Waals surface area contributed by atoms with Crippen molar-refractivity contribution >= 4 is 11.8 Å². The highest BCUT2D eigenvalue weighted by Crippen LogP contribution is 2.39. The van der Waals surface area contributed by atoms with Gasteiger partial charge in [-0.3, -0.25) is 9.59 Å². The van der Waals surface area contributed by atoms with E-state index in [9.17, 15) is 9.59 Å². The first kappa shape index (κ1) is 20.5. The highest BCUT2D eigenvalue weighted by molar-refractivity contribution is 5.77. The van der Waals surface area contributed by atoms with Crippen molar-refractivity contribution in [2.24, 2.45) is 17.3 Å². The fraction of sp³-hybridized carbons (Fsp3) is 0.714. The Balaban J connectivity index is 1.32. The molecule has 0 spiro atoms. The molecule has 1 saturated carbocycles. The van der Waals surface area contributed by atoms with Crippen molar-refractivity contribution in [3.05, 3.63) is 11.6 Å². The fourth-order valence-corrected chi connectivity index (χ4v) is 4.22. The molecular formula is C21H29N7O2. The SMILES string of the molecule is C#CCCC1(CCC(=O)N2CCC(N(Cc3nnc(C4CC4)n3C)C(C)=O)C2)N=N1. The number of amides is 2. The van der Waals surface area contributed by atoms with E-state index in [1.165, 1.54) is 0 Å². The van der Waals surface area contributed by atoms with Gasteiger partial charge in [0.25, 0.3) is 0 Å². The van der Waals surface area contributed by atoms with E-state index in [-0.39, 0.29) is 17.9 Å². The van der Waals surface area contributed by atoms with Crippen LogP contribution in [0.4, 0.5) is 0 Å². The van der Waals surface area contributed by atoms with Gasteiger partial charge in [-0.15, -0.1) is 22.5 Å². The molecule has 1 unspecified atom stereocenters. The van der Waals surface area contributed by atoms with E-state index in [1.54, 1.807) is 6.92 Å². The molecule has 0 bridgehead atoms. The van der Waals surface area contributed by atoms with E-state index in [2.05, 4.69) is 26.3 Å². The molecule has 3 heterocycles. The summed E-state index contributed by atoms with van der Waals surface area (Å²) < 4.78 is 2.02. The number of carbonyl (C=O) groups is 2. The van der Waals surface area contributed by atoms with Gasteiger partial charge in [0.05, 0.1) is 12.6 Å². The third kappa shape index (κ3) is 4.37. The van der Waals surface area contributed by atoms with Gasteiger partial charge < -0.3 is 14.4 Å². The number of aromatic nitrogens is 3. The number of hydrogen-bond donors (Lipinski definition) is 0. The summed E-state index contributed by atoms with van der Waals surface area (Å²) in [6, 6.07) is -0.00164. The van der Waals surface area contributed by atoms with Crippen LogP contribution >= 0.6 is 0 Å². The smallest absolute Gasteiger partial charge is 0.222 e. The lowest BCUT2D eigenvalue weighted by atomic mass is 10.0. The Bertz CT molecular complexity index is 890. The third-order valence-corrected chi connectivity index (χ3v) is 6.41. The van der Waals surface area contributed by atoms with Gasteiger partial charge in [0.15, 0.2) is 11.5 Å². The lowest BCUT2D eigenvalue weighted by Gasteiger charge is -2.27. The van der Waals surface area contributed by atoms with Gasteiger partial charge in [-0.1, -0.05) is 0 Å². The summed E-state index contributed by atoms with van der Waals surface area (Å²) in [5.41, 5.74) is -0.433. The number of rotatable bonds is 9. The number of terminal acetylenes is 1. The first-order valence-corrected chi connectivity index (χ1v) is 10.7. The van der Waals surface area contributed by atoms with Crippen LogP contribution in [0.2, 0.25) is 0 Å². The second-order valence-corrected chi connectivity index (χ2v) is 8.62. The Hall–Kier alpha value is -2.76. The minimum absolute atomic E-state index is 0.00164. The maximum Gasteiger partial charge on any atom is 0.222 e. The zero-order valence-electron chi connectivity index (χ0n) is 17.8. The van der Waals surface area contributed by atoms with Crippen LogP contribution in [0, 0.1) is 12.3 Å². The molecule has 0 N–H and O–H groups in total. The number of nitrogens with zero attached hydrogens (tertiary/aromatic N) is 7. The molecule has 1 aromatic rings. The van der Waals surface area contributed by atoms with Gasteiger partial charge in [0, 0.05) is 58.7 Å². The van der Waals surface area contributed by atoms with E-state index < -0.39 is 5.66 Å². The molecule has 3 aliphatic rings. The maximum absolute atomic E-state index is 12.7. The third-order valence-electron chi connectivity index (χ3n) is 6.41. The van der Waals surface area contributed by atoms with Gasteiger partial charge in [-0.2, -0.15) is 10.2 Å². The van der Waals surface area contributed by atoms with E-state index in [4.69, 9.17) is 6.42 Å². The molecule has 1 aliphatic carbocycles. The van der Waals surface area contributed by atoms with Crippen molar-refractivity contribution in [2.45, 2.75) is 76.0 Å². The second-order valence-electron chi connectivity index (χ2n) is 8.62. The molecule has 160 valence electrons. The average Bonchev–Trinajstić information content (AvgIpc) is 3.63. The van der Waals surface area contributed by atoms with Crippen molar-refractivity contribution in [3.8, 4) is 12.3 Å². The average molecular weight is 412 g/mol. The van der Waals surface area contributed by atoms with Crippen LogP contribution in [-0.2, 0) is 23.2 Å². The lowest BCUT2D eigenvalue weighted by molar-refractivity contribution is -0.134. The Morgan fingerprint density at radius 1 is 1.23 bits per heavy atom. The van der Waals surface area contributed by atoms with Crippen molar-refractivity contribution in [2.75, 3.05) is 13.1 Å². The molecule has 9 heteroatoms. The summed E-state index contributed by atoms with van der Waals surface area (Å²) in [7, 11) is 1.97. The largest absolute Gasteiger partial charge is 0.341 e. The predicted octanol–water partition coefficient (Wildman–Crippen LogP) is 2.00. The molecule has 4 rings (SSSR count). The van der Waals surface area contributed by atoms with Gasteiger partial charge in [-0.25, -0.2) is 0 Å². The monoisotopic (exact) mass is 411 g/mol. The van der Waals surface area contributed by atoms with Crippen LogP contribution in [0.3, 0.4) is 0 Å². The van der Waals surface area contributed by atoms with Gasteiger partial charge in [-0.05, 0) is 19.3 Å². The van der Waals surface area contributed by atoms with E-state index >= 15 is 0 Å². The second kappa shape index (κ2) is 8.17. The maximum atomic E-state index is 12.7. The molecule has 30 heavy (non-hydrogen) atoms. The molecule has 0 radical (unpaired) electrons. The minimum Gasteiger partial charge on any atom is -0.341 e.